The van der Waals surface area contributed by atoms with E-state index in [0.29, 0.717) is 6.54 Å². The quantitative estimate of drug-likeness (QED) is 0.380. The summed E-state index contributed by atoms with van der Waals surface area (Å²) >= 11 is 1.76. The first-order valence-electron chi connectivity index (χ1n) is 7.53. The van der Waals surface area contributed by atoms with Crippen molar-refractivity contribution in [1.29, 1.82) is 0 Å². The van der Waals surface area contributed by atoms with Crippen molar-refractivity contribution in [3.05, 3.63) is 21.9 Å². The summed E-state index contributed by atoms with van der Waals surface area (Å²) in [6.45, 7) is 1.36. The highest BCUT2D eigenvalue weighted by Crippen LogP contribution is 2.36. The van der Waals surface area contributed by atoms with Gasteiger partial charge in [0.05, 0.1) is 5.92 Å². The summed E-state index contributed by atoms with van der Waals surface area (Å²) in [7, 11) is 0. The zero-order valence-corrected chi connectivity index (χ0v) is 12.8. The lowest BCUT2D eigenvalue weighted by atomic mass is 9.85. The van der Waals surface area contributed by atoms with Crippen LogP contribution in [0.4, 0.5) is 0 Å². The van der Waals surface area contributed by atoms with E-state index in [4.69, 9.17) is 10.9 Å². The number of hydrogen-bond donors (Lipinski definition) is 2. The molecule has 2 aliphatic rings. The van der Waals surface area contributed by atoms with Crippen molar-refractivity contribution in [2.45, 2.75) is 38.0 Å². The molecular formula is C15H21N3O2S. The van der Waals surface area contributed by atoms with E-state index in [1.165, 1.54) is 10.4 Å². The minimum absolute atomic E-state index is 0.00559. The van der Waals surface area contributed by atoms with E-state index in [-0.39, 0.29) is 23.6 Å². The van der Waals surface area contributed by atoms with Crippen LogP contribution in [0.1, 0.15) is 42.0 Å². The molecule has 3 rings (SSSR count). The number of likely N-dealkylation sites (tertiary alicyclic amines) is 1. The normalized spacial score (nSPS) is 26.5. The van der Waals surface area contributed by atoms with Gasteiger partial charge in [-0.1, -0.05) is 5.16 Å². The summed E-state index contributed by atoms with van der Waals surface area (Å²) in [5.41, 5.74) is 6.94. The van der Waals surface area contributed by atoms with E-state index >= 15 is 0 Å². The molecule has 1 aromatic heterocycles. The van der Waals surface area contributed by atoms with Crippen LogP contribution in [0.15, 0.2) is 16.6 Å². The van der Waals surface area contributed by atoms with Gasteiger partial charge in [-0.05, 0) is 49.1 Å². The van der Waals surface area contributed by atoms with E-state index in [2.05, 4.69) is 16.6 Å². The fourth-order valence-electron chi connectivity index (χ4n) is 3.46. The molecule has 2 unspecified atom stereocenters. The number of fused-ring (bicyclic) bond motifs is 1. The molecule has 5 nitrogen and oxygen atoms in total. The summed E-state index contributed by atoms with van der Waals surface area (Å²) in [5.74, 6) is 0.446. The first kappa shape index (κ1) is 14.4. The highest BCUT2D eigenvalue weighted by atomic mass is 32.1. The molecule has 1 amide bonds. The van der Waals surface area contributed by atoms with E-state index in [0.717, 1.165) is 38.6 Å². The van der Waals surface area contributed by atoms with Crippen LogP contribution in [0.3, 0.4) is 0 Å². The molecule has 0 radical (unpaired) electrons. The molecule has 0 aromatic carbocycles. The number of amides is 1. The Labute approximate surface area is 128 Å². The highest BCUT2D eigenvalue weighted by molar-refractivity contribution is 7.10. The van der Waals surface area contributed by atoms with Crippen LogP contribution < -0.4 is 5.73 Å². The minimum atomic E-state index is -0.0155. The van der Waals surface area contributed by atoms with Gasteiger partial charge in [-0.2, -0.15) is 0 Å². The number of rotatable bonds is 2. The average molecular weight is 307 g/mol. The number of amidine groups is 1. The van der Waals surface area contributed by atoms with Crippen molar-refractivity contribution in [3.63, 3.8) is 0 Å². The van der Waals surface area contributed by atoms with Gasteiger partial charge in [-0.15, -0.1) is 11.3 Å². The Bertz CT molecular complexity index is 555. The molecule has 0 spiro atoms. The van der Waals surface area contributed by atoms with E-state index in [1.54, 1.807) is 11.3 Å². The standard InChI is InChI=1S/C15H21N3O2S/c16-14(17-20)10-3-2-7-18(9-10)15(19)12-4-1-5-13-11(12)6-8-21-13/h6,8,10,12,20H,1-5,7,9H2,(H2,16,17). The maximum absolute atomic E-state index is 12.9. The predicted octanol–water partition coefficient (Wildman–Crippen LogP) is 2.15. The zero-order valence-electron chi connectivity index (χ0n) is 12.0. The summed E-state index contributed by atoms with van der Waals surface area (Å²) in [5, 5.41) is 14.0. The predicted molar refractivity (Wildman–Crippen MR) is 82.7 cm³/mol. The molecule has 114 valence electrons. The van der Waals surface area contributed by atoms with Crippen LogP contribution in [-0.2, 0) is 11.2 Å². The van der Waals surface area contributed by atoms with Crippen LogP contribution in [0.2, 0.25) is 0 Å². The Hall–Kier alpha value is -1.56. The molecule has 1 aromatic rings. The van der Waals surface area contributed by atoms with Gasteiger partial charge < -0.3 is 15.8 Å². The summed E-state index contributed by atoms with van der Waals surface area (Å²) < 4.78 is 0. The van der Waals surface area contributed by atoms with Gasteiger partial charge in [0.1, 0.15) is 5.84 Å². The van der Waals surface area contributed by atoms with Gasteiger partial charge in [-0.25, -0.2) is 0 Å². The second-order valence-corrected chi connectivity index (χ2v) is 6.89. The van der Waals surface area contributed by atoms with Crippen LogP contribution in [0.5, 0.6) is 0 Å². The SMILES string of the molecule is N/C(=N/O)C1CCCN(C(=O)C2CCCc3sccc32)C1. The van der Waals surface area contributed by atoms with Crippen molar-refractivity contribution in [1.82, 2.24) is 4.90 Å². The van der Waals surface area contributed by atoms with Gasteiger partial charge in [0, 0.05) is 23.9 Å². The number of aryl methyl sites for hydroxylation is 1. The highest BCUT2D eigenvalue weighted by Gasteiger charge is 2.33. The molecule has 2 heterocycles. The van der Waals surface area contributed by atoms with E-state index in [1.807, 2.05) is 4.90 Å². The van der Waals surface area contributed by atoms with Gasteiger partial charge in [0.2, 0.25) is 5.91 Å². The van der Waals surface area contributed by atoms with Crippen molar-refractivity contribution in [2.75, 3.05) is 13.1 Å². The third-order valence-electron chi connectivity index (χ3n) is 4.62. The van der Waals surface area contributed by atoms with Crippen molar-refractivity contribution in [3.8, 4) is 0 Å². The number of carbonyl (C=O) groups is 1. The molecule has 0 bridgehead atoms. The molecule has 2 atom stereocenters. The molecule has 21 heavy (non-hydrogen) atoms. The first-order chi connectivity index (χ1) is 10.2. The Morgan fingerprint density at radius 1 is 1.43 bits per heavy atom. The Morgan fingerprint density at radius 2 is 2.29 bits per heavy atom. The van der Waals surface area contributed by atoms with Crippen molar-refractivity contribution >= 4 is 23.1 Å². The van der Waals surface area contributed by atoms with Crippen LogP contribution in [0, 0.1) is 5.92 Å². The third kappa shape index (κ3) is 2.77. The maximum Gasteiger partial charge on any atom is 0.230 e. The molecule has 3 N–H and O–H groups in total. The fraction of sp³-hybridized carbons (Fsp3) is 0.600. The Kier molecular flexibility index (Phi) is 4.14. The van der Waals surface area contributed by atoms with Gasteiger partial charge >= 0.3 is 0 Å². The Balaban J connectivity index is 1.74. The molecule has 1 saturated heterocycles. The molecule has 0 saturated carbocycles. The number of nitrogens with zero attached hydrogens (tertiary/aromatic N) is 2. The zero-order chi connectivity index (χ0) is 14.8. The maximum atomic E-state index is 12.9. The largest absolute Gasteiger partial charge is 0.409 e. The summed E-state index contributed by atoms with van der Waals surface area (Å²) in [4.78, 5) is 16.1. The molecule has 6 heteroatoms. The first-order valence-corrected chi connectivity index (χ1v) is 8.41. The minimum Gasteiger partial charge on any atom is -0.409 e. The second kappa shape index (κ2) is 6.05. The monoisotopic (exact) mass is 307 g/mol. The molecule has 1 fully saturated rings. The summed E-state index contributed by atoms with van der Waals surface area (Å²) in [6.07, 6.45) is 4.92. The number of carbonyl (C=O) groups excluding carboxylic acids is 1. The number of nitrogens with two attached hydrogens (primary N) is 1. The lowest BCUT2D eigenvalue weighted by Gasteiger charge is -2.35. The lowest BCUT2D eigenvalue weighted by Crippen LogP contribution is -2.46. The topological polar surface area (TPSA) is 78.9 Å². The molecule has 1 aliphatic carbocycles. The van der Waals surface area contributed by atoms with Crippen molar-refractivity contribution in [2.24, 2.45) is 16.8 Å². The number of thiophene rings is 1. The van der Waals surface area contributed by atoms with Crippen LogP contribution in [-0.4, -0.2) is 34.9 Å². The Morgan fingerprint density at radius 3 is 3.10 bits per heavy atom. The third-order valence-corrected chi connectivity index (χ3v) is 5.61. The summed E-state index contributed by atoms with van der Waals surface area (Å²) in [6, 6.07) is 2.10. The molecular weight excluding hydrogens is 286 g/mol. The van der Waals surface area contributed by atoms with Gasteiger partial charge in [0.25, 0.3) is 0 Å². The van der Waals surface area contributed by atoms with Crippen LogP contribution in [0.25, 0.3) is 0 Å². The van der Waals surface area contributed by atoms with Gasteiger partial charge in [0.15, 0.2) is 0 Å². The average Bonchev–Trinajstić information content (AvgIpc) is 3.02. The number of piperidine rings is 1. The smallest absolute Gasteiger partial charge is 0.230 e. The number of hydrogen-bond acceptors (Lipinski definition) is 4. The van der Waals surface area contributed by atoms with E-state index < -0.39 is 0 Å². The lowest BCUT2D eigenvalue weighted by molar-refractivity contribution is -0.134. The second-order valence-electron chi connectivity index (χ2n) is 5.89. The van der Waals surface area contributed by atoms with Crippen LogP contribution >= 0.6 is 11.3 Å². The van der Waals surface area contributed by atoms with Crippen molar-refractivity contribution < 1.29 is 10.0 Å². The molecule has 1 aliphatic heterocycles. The van der Waals surface area contributed by atoms with E-state index in [9.17, 15) is 4.79 Å². The fourth-order valence-corrected chi connectivity index (χ4v) is 4.45. The van der Waals surface area contributed by atoms with Gasteiger partial charge in [-0.3, -0.25) is 4.79 Å². The number of oxime groups is 1.